The quantitative estimate of drug-likeness (QED) is 0.763. The Morgan fingerprint density at radius 3 is 2.75 bits per heavy atom. The molecule has 0 amide bonds. The van der Waals surface area contributed by atoms with Crippen LogP contribution in [0.2, 0.25) is 5.02 Å². The van der Waals surface area contributed by atoms with E-state index in [2.05, 4.69) is 15.9 Å². The molecule has 0 aliphatic rings. The number of halogens is 3. The minimum absolute atomic E-state index is 0.142. The number of aliphatic hydroxyl groups excluding tert-OH is 1. The number of rotatable bonds is 1. The molecular formula is C8H7BrClFO. The fraction of sp³-hybridized carbons (Fsp3) is 0.250. The second kappa shape index (κ2) is 3.73. The van der Waals surface area contributed by atoms with Gasteiger partial charge in [0.2, 0.25) is 0 Å². The van der Waals surface area contributed by atoms with Gasteiger partial charge in [0.05, 0.1) is 11.6 Å². The van der Waals surface area contributed by atoms with E-state index in [1.54, 1.807) is 13.0 Å². The van der Waals surface area contributed by atoms with Crippen LogP contribution in [0.3, 0.4) is 0 Å². The summed E-state index contributed by atoms with van der Waals surface area (Å²) in [5.41, 5.74) is 0.610. The van der Waals surface area contributed by atoms with Crippen molar-refractivity contribution in [2.45, 2.75) is 13.5 Å². The summed E-state index contributed by atoms with van der Waals surface area (Å²) in [6, 6.07) is 1.58. The smallest absolute Gasteiger partial charge is 0.133 e. The van der Waals surface area contributed by atoms with Crippen LogP contribution in [0.25, 0.3) is 0 Å². The molecular weight excluding hydrogens is 246 g/mol. The predicted octanol–water partition coefficient (Wildman–Crippen LogP) is 3.04. The molecule has 1 rings (SSSR count). The lowest BCUT2D eigenvalue weighted by Gasteiger charge is -2.06. The number of benzene rings is 1. The van der Waals surface area contributed by atoms with Crippen molar-refractivity contribution in [3.8, 4) is 0 Å². The fourth-order valence-electron chi connectivity index (χ4n) is 0.934. The van der Waals surface area contributed by atoms with Crippen LogP contribution in [0.5, 0.6) is 0 Å². The van der Waals surface area contributed by atoms with Crippen LogP contribution in [-0.2, 0) is 6.61 Å². The van der Waals surface area contributed by atoms with Crippen molar-refractivity contribution >= 4 is 27.5 Å². The SMILES string of the molecule is Cc1cc(Br)c(Cl)c(CO)c1F. The summed E-state index contributed by atoms with van der Waals surface area (Å²) in [5, 5.41) is 9.04. The van der Waals surface area contributed by atoms with Crippen LogP contribution in [0.4, 0.5) is 4.39 Å². The largest absolute Gasteiger partial charge is 0.392 e. The molecule has 1 aromatic carbocycles. The second-order valence-corrected chi connectivity index (χ2v) is 3.67. The van der Waals surface area contributed by atoms with E-state index in [0.29, 0.717) is 10.0 Å². The first-order chi connectivity index (χ1) is 5.57. The van der Waals surface area contributed by atoms with E-state index in [4.69, 9.17) is 16.7 Å². The number of aliphatic hydroxyl groups is 1. The van der Waals surface area contributed by atoms with Gasteiger partial charge in [0.15, 0.2) is 0 Å². The van der Waals surface area contributed by atoms with Crippen molar-refractivity contribution in [3.63, 3.8) is 0 Å². The van der Waals surface area contributed by atoms with Crippen LogP contribution >= 0.6 is 27.5 Å². The van der Waals surface area contributed by atoms with Gasteiger partial charge in [-0.05, 0) is 34.5 Å². The molecule has 0 aliphatic carbocycles. The Labute approximate surface area is 83.3 Å². The summed E-state index contributed by atoms with van der Waals surface area (Å²) in [6.07, 6.45) is 0. The molecule has 1 aromatic rings. The van der Waals surface area contributed by atoms with Gasteiger partial charge in [0.1, 0.15) is 5.82 Å². The fourth-order valence-corrected chi connectivity index (χ4v) is 1.71. The van der Waals surface area contributed by atoms with Gasteiger partial charge >= 0.3 is 0 Å². The first-order valence-electron chi connectivity index (χ1n) is 3.31. The lowest BCUT2D eigenvalue weighted by atomic mass is 10.1. The highest BCUT2D eigenvalue weighted by Gasteiger charge is 2.12. The van der Waals surface area contributed by atoms with Gasteiger partial charge in [-0.25, -0.2) is 4.39 Å². The third-order valence-corrected chi connectivity index (χ3v) is 2.87. The molecule has 12 heavy (non-hydrogen) atoms. The Hall–Kier alpha value is -0.120. The number of hydrogen-bond acceptors (Lipinski definition) is 1. The number of aryl methyl sites for hydroxylation is 1. The summed E-state index contributed by atoms with van der Waals surface area (Å²) in [5.74, 6) is -0.439. The Morgan fingerprint density at radius 1 is 1.67 bits per heavy atom. The topological polar surface area (TPSA) is 20.2 Å². The van der Waals surface area contributed by atoms with E-state index in [-0.39, 0.29) is 17.2 Å². The van der Waals surface area contributed by atoms with Crippen molar-refractivity contribution in [2.24, 2.45) is 0 Å². The normalized spacial score (nSPS) is 10.4. The monoisotopic (exact) mass is 252 g/mol. The van der Waals surface area contributed by atoms with Gasteiger partial charge in [0, 0.05) is 10.0 Å². The summed E-state index contributed by atoms with van der Waals surface area (Å²) < 4.78 is 13.8. The zero-order valence-corrected chi connectivity index (χ0v) is 8.71. The van der Waals surface area contributed by atoms with Crippen LogP contribution < -0.4 is 0 Å². The maximum absolute atomic E-state index is 13.2. The highest BCUT2D eigenvalue weighted by molar-refractivity contribution is 9.10. The highest BCUT2D eigenvalue weighted by Crippen LogP contribution is 2.30. The zero-order valence-electron chi connectivity index (χ0n) is 6.37. The van der Waals surface area contributed by atoms with Gasteiger partial charge in [0.25, 0.3) is 0 Å². The van der Waals surface area contributed by atoms with Crippen LogP contribution in [0.15, 0.2) is 10.5 Å². The first-order valence-corrected chi connectivity index (χ1v) is 4.49. The van der Waals surface area contributed by atoms with Crippen LogP contribution in [0, 0.1) is 12.7 Å². The first kappa shape index (κ1) is 9.96. The average Bonchev–Trinajstić information content (AvgIpc) is 2.02. The van der Waals surface area contributed by atoms with E-state index in [9.17, 15) is 4.39 Å². The second-order valence-electron chi connectivity index (χ2n) is 2.44. The molecule has 0 saturated heterocycles. The van der Waals surface area contributed by atoms with Crippen LogP contribution in [0.1, 0.15) is 11.1 Å². The maximum Gasteiger partial charge on any atom is 0.133 e. The van der Waals surface area contributed by atoms with Crippen molar-refractivity contribution in [1.29, 1.82) is 0 Å². The van der Waals surface area contributed by atoms with E-state index in [0.717, 1.165) is 0 Å². The molecule has 0 aromatic heterocycles. The maximum atomic E-state index is 13.2. The van der Waals surface area contributed by atoms with E-state index in [1.165, 1.54) is 0 Å². The van der Waals surface area contributed by atoms with Gasteiger partial charge < -0.3 is 5.11 Å². The van der Waals surface area contributed by atoms with Gasteiger partial charge in [-0.15, -0.1) is 0 Å². The average molecular weight is 253 g/mol. The van der Waals surface area contributed by atoms with E-state index < -0.39 is 5.82 Å². The third kappa shape index (κ3) is 1.63. The standard InChI is InChI=1S/C8H7BrClFO/c1-4-2-6(9)7(10)5(3-12)8(4)11/h2,12H,3H2,1H3. The lowest BCUT2D eigenvalue weighted by molar-refractivity contribution is 0.275. The Morgan fingerprint density at radius 2 is 2.25 bits per heavy atom. The van der Waals surface area contributed by atoms with E-state index in [1.807, 2.05) is 0 Å². The third-order valence-electron chi connectivity index (χ3n) is 1.59. The highest BCUT2D eigenvalue weighted by atomic mass is 79.9. The van der Waals surface area contributed by atoms with Gasteiger partial charge in [-0.3, -0.25) is 0 Å². The van der Waals surface area contributed by atoms with Crippen LogP contribution in [-0.4, -0.2) is 5.11 Å². The Kier molecular flexibility index (Phi) is 3.09. The zero-order chi connectivity index (χ0) is 9.30. The molecule has 4 heteroatoms. The predicted molar refractivity (Wildman–Crippen MR) is 49.8 cm³/mol. The molecule has 66 valence electrons. The molecule has 0 bridgehead atoms. The van der Waals surface area contributed by atoms with Gasteiger partial charge in [-0.1, -0.05) is 11.6 Å². The summed E-state index contributed by atoms with van der Waals surface area (Å²) in [4.78, 5) is 0. The molecule has 0 aliphatic heterocycles. The molecule has 0 radical (unpaired) electrons. The molecule has 0 heterocycles. The number of hydrogen-bond donors (Lipinski definition) is 1. The van der Waals surface area contributed by atoms with Crippen molar-refractivity contribution < 1.29 is 9.50 Å². The Bertz CT molecular complexity index is 288. The molecule has 0 spiro atoms. The summed E-state index contributed by atoms with van der Waals surface area (Å²) >= 11 is 8.89. The van der Waals surface area contributed by atoms with E-state index >= 15 is 0 Å². The molecule has 1 N–H and O–H groups in total. The molecule has 0 fully saturated rings. The minimum Gasteiger partial charge on any atom is -0.392 e. The van der Waals surface area contributed by atoms with Crippen molar-refractivity contribution in [2.75, 3.05) is 0 Å². The minimum atomic E-state index is -0.439. The molecule has 0 unspecified atom stereocenters. The lowest BCUT2D eigenvalue weighted by Crippen LogP contribution is -1.95. The molecule has 0 atom stereocenters. The summed E-state index contributed by atoms with van der Waals surface area (Å²) in [7, 11) is 0. The van der Waals surface area contributed by atoms with Gasteiger partial charge in [-0.2, -0.15) is 0 Å². The summed E-state index contributed by atoms with van der Waals surface area (Å²) in [6.45, 7) is 1.24. The molecule has 1 nitrogen and oxygen atoms in total. The molecule has 0 saturated carbocycles. The van der Waals surface area contributed by atoms with Crippen molar-refractivity contribution in [3.05, 3.63) is 32.5 Å². The van der Waals surface area contributed by atoms with Crippen molar-refractivity contribution in [1.82, 2.24) is 0 Å². The Balaban J connectivity index is 3.42.